The van der Waals surface area contributed by atoms with Crippen LogP contribution in [0.15, 0.2) is 48.5 Å². The third-order valence-corrected chi connectivity index (χ3v) is 3.55. The second-order valence-electron chi connectivity index (χ2n) is 5.62. The molecular weight excluding hydrogens is 297 g/mol. The van der Waals surface area contributed by atoms with Gasteiger partial charge in [-0.15, -0.1) is 0 Å². The number of carbonyl (C=O) groups is 1. The van der Waals surface area contributed by atoms with Gasteiger partial charge >= 0.3 is 5.97 Å². The first kappa shape index (κ1) is 17.0. The molecule has 0 saturated heterocycles. The Morgan fingerprint density at radius 3 is 2.57 bits per heavy atom. The van der Waals surface area contributed by atoms with Gasteiger partial charge in [0.15, 0.2) is 0 Å². The van der Waals surface area contributed by atoms with Crippen molar-refractivity contribution in [1.82, 2.24) is 0 Å². The van der Waals surface area contributed by atoms with Crippen LogP contribution in [0.4, 0.5) is 4.39 Å². The van der Waals surface area contributed by atoms with Crippen LogP contribution in [0.1, 0.15) is 12.5 Å². The van der Waals surface area contributed by atoms with E-state index >= 15 is 0 Å². The van der Waals surface area contributed by atoms with E-state index in [4.69, 9.17) is 10.5 Å². The van der Waals surface area contributed by atoms with Gasteiger partial charge in [-0.1, -0.05) is 36.4 Å². The van der Waals surface area contributed by atoms with Crippen LogP contribution in [0.3, 0.4) is 0 Å². The maximum absolute atomic E-state index is 12.3. The molecule has 0 spiro atoms. The average Bonchev–Trinajstić information content (AvgIpc) is 2.53. The molecule has 5 heteroatoms. The molecule has 0 saturated carbocycles. The lowest BCUT2D eigenvalue weighted by atomic mass is 9.89. The number of hydrogen-bond donors (Lipinski definition) is 2. The summed E-state index contributed by atoms with van der Waals surface area (Å²) in [5.41, 5.74) is 7.08. The lowest BCUT2D eigenvalue weighted by Crippen LogP contribution is -2.46. The number of benzene rings is 2. The summed E-state index contributed by atoms with van der Waals surface area (Å²) in [4.78, 5) is 11.3. The number of halogens is 1. The molecule has 0 radical (unpaired) electrons. The Morgan fingerprint density at radius 2 is 1.96 bits per heavy atom. The van der Waals surface area contributed by atoms with Crippen LogP contribution in [0, 0.1) is 0 Å². The first-order valence-electron chi connectivity index (χ1n) is 7.33. The third kappa shape index (κ3) is 4.29. The van der Waals surface area contributed by atoms with Gasteiger partial charge in [0.05, 0.1) is 0 Å². The Bertz CT molecular complexity index is 671. The molecule has 0 amide bonds. The Hall–Kier alpha value is -2.40. The zero-order valence-corrected chi connectivity index (χ0v) is 13.0. The second kappa shape index (κ2) is 7.24. The van der Waals surface area contributed by atoms with Crippen molar-refractivity contribution < 1.29 is 19.0 Å². The van der Waals surface area contributed by atoms with Crippen molar-refractivity contribution in [2.75, 3.05) is 13.3 Å². The number of carboxylic acid groups (broad SMARTS) is 1. The number of rotatable bonds is 7. The minimum Gasteiger partial charge on any atom is -0.491 e. The Morgan fingerprint density at radius 1 is 1.26 bits per heavy atom. The van der Waals surface area contributed by atoms with Crippen molar-refractivity contribution in [2.24, 2.45) is 5.73 Å². The predicted molar refractivity (Wildman–Crippen MR) is 87.3 cm³/mol. The number of aliphatic carboxylic acids is 1. The quantitative estimate of drug-likeness (QED) is 0.823. The summed E-state index contributed by atoms with van der Waals surface area (Å²) in [6.45, 7) is 0.849. The molecule has 3 N–H and O–H groups in total. The largest absolute Gasteiger partial charge is 0.491 e. The van der Waals surface area contributed by atoms with E-state index in [1.165, 1.54) is 6.92 Å². The zero-order chi connectivity index (χ0) is 16.9. The van der Waals surface area contributed by atoms with Crippen molar-refractivity contribution in [1.29, 1.82) is 0 Å². The summed E-state index contributed by atoms with van der Waals surface area (Å²) in [5, 5.41) is 9.27. The highest BCUT2D eigenvalue weighted by Crippen LogP contribution is 2.29. The van der Waals surface area contributed by atoms with Gasteiger partial charge < -0.3 is 15.6 Å². The van der Waals surface area contributed by atoms with Crippen LogP contribution in [0.5, 0.6) is 5.75 Å². The molecule has 1 unspecified atom stereocenters. The van der Waals surface area contributed by atoms with Crippen molar-refractivity contribution in [3.05, 3.63) is 54.1 Å². The number of carboxylic acids is 1. The van der Waals surface area contributed by atoms with Gasteiger partial charge in [0.2, 0.25) is 0 Å². The van der Waals surface area contributed by atoms with Crippen LogP contribution in [-0.2, 0) is 11.2 Å². The van der Waals surface area contributed by atoms with Crippen LogP contribution >= 0.6 is 0 Å². The van der Waals surface area contributed by atoms with Gasteiger partial charge in [0, 0.05) is 6.42 Å². The summed E-state index contributed by atoms with van der Waals surface area (Å²) in [6, 6.07) is 14.9. The highest BCUT2D eigenvalue weighted by Gasteiger charge is 2.29. The molecule has 23 heavy (non-hydrogen) atoms. The fourth-order valence-corrected chi connectivity index (χ4v) is 2.33. The van der Waals surface area contributed by atoms with Crippen molar-refractivity contribution in [2.45, 2.75) is 18.9 Å². The first-order valence-corrected chi connectivity index (χ1v) is 7.33. The van der Waals surface area contributed by atoms with Crippen LogP contribution < -0.4 is 10.5 Å². The Labute approximate surface area is 134 Å². The fourth-order valence-electron chi connectivity index (χ4n) is 2.33. The number of alkyl halides is 1. The summed E-state index contributed by atoms with van der Waals surface area (Å²) in [5.74, 6) is -0.579. The van der Waals surface area contributed by atoms with Crippen molar-refractivity contribution in [3.63, 3.8) is 0 Å². The lowest BCUT2D eigenvalue weighted by molar-refractivity contribution is -0.142. The van der Waals surface area contributed by atoms with E-state index in [0.717, 1.165) is 16.7 Å². The van der Waals surface area contributed by atoms with E-state index in [2.05, 4.69) is 0 Å². The zero-order valence-electron chi connectivity index (χ0n) is 13.0. The molecule has 0 fully saturated rings. The molecule has 0 aromatic heterocycles. The van der Waals surface area contributed by atoms with Crippen molar-refractivity contribution in [3.8, 4) is 16.9 Å². The number of hydrogen-bond acceptors (Lipinski definition) is 3. The molecule has 2 aromatic carbocycles. The predicted octanol–water partition coefficient (Wildman–Crippen LogP) is 3.05. The van der Waals surface area contributed by atoms with E-state index in [1.807, 2.05) is 36.4 Å². The molecule has 0 aliphatic rings. The highest BCUT2D eigenvalue weighted by atomic mass is 19.1. The highest BCUT2D eigenvalue weighted by molar-refractivity contribution is 5.79. The first-order chi connectivity index (χ1) is 10.9. The lowest BCUT2D eigenvalue weighted by Gasteiger charge is -2.22. The van der Waals surface area contributed by atoms with Gasteiger partial charge in [-0.3, -0.25) is 4.79 Å². The van der Waals surface area contributed by atoms with Gasteiger partial charge in [0.1, 0.15) is 24.6 Å². The molecule has 122 valence electrons. The standard InChI is InChI=1S/C18H20FNO3/c1-18(20,17(21)22)12-14-11-15(23-10-9-19)7-8-16(14)13-5-3-2-4-6-13/h2-8,11H,9-10,12,20H2,1H3,(H,21,22). The molecular formula is C18H20FNO3. The van der Waals surface area contributed by atoms with Crippen molar-refractivity contribution >= 4 is 5.97 Å². The Balaban J connectivity index is 2.43. The molecule has 0 heterocycles. The van der Waals surface area contributed by atoms with E-state index < -0.39 is 18.2 Å². The summed E-state index contributed by atoms with van der Waals surface area (Å²) in [7, 11) is 0. The maximum Gasteiger partial charge on any atom is 0.323 e. The molecule has 0 bridgehead atoms. The third-order valence-electron chi connectivity index (χ3n) is 3.55. The van der Waals surface area contributed by atoms with Crippen LogP contribution in [-0.4, -0.2) is 29.9 Å². The molecule has 0 aliphatic heterocycles. The van der Waals surface area contributed by atoms with Gasteiger partial charge in [-0.05, 0) is 35.7 Å². The van der Waals surface area contributed by atoms with Gasteiger partial charge in [-0.2, -0.15) is 0 Å². The van der Waals surface area contributed by atoms with E-state index in [0.29, 0.717) is 5.75 Å². The van der Waals surface area contributed by atoms with E-state index in [9.17, 15) is 14.3 Å². The topological polar surface area (TPSA) is 72.5 Å². The number of nitrogens with two attached hydrogens (primary N) is 1. The van der Waals surface area contributed by atoms with Crippen LogP contribution in [0.25, 0.3) is 11.1 Å². The molecule has 2 rings (SSSR count). The number of ether oxygens (including phenoxy) is 1. The monoisotopic (exact) mass is 317 g/mol. The van der Waals surface area contributed by atoms with Crippen LogP contribution in [0.2, 0.25) is 0 Å². The minimum atomic E-state index is -1.40. The average molecular weight is 317 g/mol. The van der Waals surface area contributed by atoms with E-state index in [1.54, 1.807) is 12.1 Å². The molecule has 2 aromatic rings. The smallest absolute Gasteiger partial charge is 0.323 e. The Kier molecular flexibility index (Phi) is 5.34. The van der Waals surface area contributed by atoms with Gasteiger partial charge in [0.25, 0.3) is 0 Å². The summed E-state index contributed by atoms with van der Waals surface area (Å²) >= 11 is 0. The summed E-state index contributed by atoms with van der Waals surface area (Å²) < 4.78 is 17.6. The molecule has 4 nitrogen and oxygen atoms in total. The normalized spacial score (nSPS) is 13.3. The second-order valence-corrected chi connectivity index (χ2v) is 5.62. The van der Waals surface area contributed by atoms with Gasteiger partial charge in [-0.25, -0.2) is 4.39 Å². The molecule has 0 aliphatic carbocycles. The maximum atomic E-state index is 12.3. The minimum absolute atomic E-state index is 0.0387. The van der Waals surface area contributed by atoms with E-state index in [-0.39, 0.29) is 13.0 Å². The summed E-state index contributed by atoms with van der Waals surface area (Å²) in [6.07, 6.45) is 0.138. The fraction of sp³-hybridized carbons (Fsp3) is 0.278. The SMILES string of the molecule is CC(N)(Cc1cc(OCCF)ccc1-c1ccccc1)C(=O)O. The molecule has 1 atom stereocenters.